The fourth-order valence-electron chi connectivity index (χ4n) is 2.92. The lowest BCUT2D eigenvalue weighted by Gasteiger charge is -2.33. The average Bonchev–Trinajstić information content (AvgIpc) is 2.63. The maximum absolute atomic E-state index is 12.3. The molecule has 1 aliphatic rings. The number of nitrogens with zero attached hydrogens (tertiary/aromatic N) is 4. The highest BCUT2D eigenvalue weighted by Gasteiger charge is 2.23. The molecule has 3 rings (SSSR count). The molecular formula is C16H20N6O3. The topological polar surface area (TPSA) is 113 Å². The third kappa shape index (κ3) is 3.93. The van der Waals surface area contributed by atoms with Gasteiger partial charge >= 0.3 is 5.69 Å². The van der Waals surface area contributed by atoms with Crippen molar-refractivity contribution in [3.8, 4) is 0 Å². The zero-order valence-electron chi connectivity index (χ0n) is 13.9. The molecule has 0 radical (unpaired) electrons. The van der Waals surface area contributed by atoms with Crippen LogP contribution in [0.5, 0.6) is 0 Å². The second kappa shape index (κ2) is 7.29. The summed E-state index contributed by atoms with van der Waals surface area (Å²) in [6.45, 7) is 1.47. The molecular weight excluding hydrogens is 324 g/mol. The number of rotatable bonds is 4. The molecule has 1 saturated heterocycles. The summed E-state index contributed by atoms with van der Waals surface area (Å²) < 4.78 is 0.956. The van der Waals surface area contributed by atoms with E-state index in [1.807, 2.05) is 4.90 Å². The molecule has 1 atom stereocenters. The van der Waals surface area contributed by atoms with Gasteiger partial charge in [-0.25, -0.2) is 14.8 Å². The largest absolute Gasteiger partial charge is 0.351 e. The Balaban J connectivity index is 1.62. The lowest BCUT2D eigenvalue weighted by atomic mass is 10.1. The van der Waals surface area contributed by atoms with Crippen molar-refractivity contribution in [1.29, 1.82) is 0 Å². The number of carbonyl (C=O) groups is 1. The molecule has 25 heavy (non-hydrogen) atoms. The van der Waals surface area contributed by atoms with Crippen LogP contribution in [-0.4, -0.2) is 44.6 Å². The first-order chi connectivity index (χ1) is 12.0. The van der Waals surface area contributed by atoms with Crippen molar-refractivity contribution in [2.24, 2.45) is 7.05 Å². The Bertz CT molecular complexity index is 860. The summed E-state index contributed by atoms with van der Waals surface area (Å²) in [6, 6.07) is 1.73. The molecule has 1 fully saturated rings. The van der Waals surface area contributed by atoms with E-state index in [0.29, 0.717) is 12.5 Å². The number of anilines is 1. The third-order valence-corrected chi connectivity index (χ3v) is 4.23. The van der Waals surface area contributed by atoms with Gasteiger partial charge in [-0.2, -0.15) is 0 Å². The van der Waals surface area contributed by atoms with E-state index >= 15 is 0 Å². The third-order valence-electron chi connectivity index (χ3n) is 4.23. The first-order valence-electron chi connectivity index (χ1n) is 8.13. The number of amides is 1. The standard InChI is InChI=1S/C16H20N6O3/c1-21-14(24)11(9-19-16(21)25)8-13(23)20-12-4-2-7-22(10-12)15-17-5-3-6-18-15/h3,5-6,9,12H,2,4,7-8,10H2,1H3,(H,19,25)(H,20,23)/t12-/m0/s1. The minimum atomic E-state index is -0.500. The van der Waals surface area contributed by atoms with Crippen molar-refractivity contribution in [2.45, 2.75) is 25.3 Å². The number of aromatic amines is 1. The van der Waals surface area contributed by atoms with Gasteiger partial charge in [-0.05, 0) is 18.9 Å². The number of piperidine rings is 1. The Kier molecular flexibility index (Phi) is 4.92. The predicted octanol–water partition coefficient (Wildman–Crippen LogP) is -0.809. The lowest BCUT2D eigenvalue weighted by molar-refractivity contribution is -0.121. The van der Waals surface area contributed by atoms with E-state index in [1.165, 1.54) is 13.2 Å². The van der Waals surface area contributed by atoms with Gasteiger partial charge in [0.15, 0.2) is 0 Å². The van der Waals surface area contributed by atoms with Gasteiger partial charge in [0, 0.05) is 50.3 Å². The zero-order valence-corrected chi connectivity index (χ0v) is 13.9. The van der Waals surface area contributed by atoms with Gasteiger partial charge in [-0.15, -0.1) is 0 Å². The molecule has 3 heterocycles. The highest BCUT2D eigenvalue weighted by Crippen LogP contribution is 2.15. The summed E-state index contributed by atoms with van der Waals surface area (Å²) in [4.78, 5) is 48.6. The number of hydrogen-bond acceptors (Lipinski definition) is 6. The van der Waals surface area contributed by atoms with E-state index in [-0.39, 0.29) is 23.9 Å². The van der Waals surface area contributed by atoms with Gasteiger partial charge in [0.25, 0.3) is 5.56 Å². The summed E-state index contributed by atoms with van der Waals surface area (Å²) >= 11 is 0. The number of H-pyrrole nitrogens is 1. The molecule has 9 nitrogen and oxygen atoms in total. The first-order valence-corrected chi connectivity index (χ1v) is 8.13. The molecule has 0 unspecified atom stereocenters. The summed E-state index contributed by atoms with van der Waals surface area (Å²) in [6.07, 6.45) is 6.40. The highest BCUT2D eigenvalue weighted by atomic mass is 16.2. The summed E-state index contributed by atoms with van der Waals surface area (Å²) in [5.74, 6) is 0.404. The van der Waals surface area contributed by atoms with Crippen molar-refractivity contribution in [3.63, 3.8) is 0 Å². The van der Waals surface area contributed by atoms with Crippen LogP contribution in [0.3, 0.4) is 0 Å². The maximum atomic E-state index is 12.3. The summed E-state index contributed by atoms with van der Waals surface area (Å²) in [5, 5.41) is 2.95. The molecule has 132 valence electrons. The molecule has 0 bridgehead atoms. The van der Waals surface area contributed by atoms with Crippen LogP contribution < -0.4 is 21.5 Å². The van der Waals surface area contributed by atoms with Crippen molar-refractivity contribution in [2.75, 3.05) is 18.0 Å². The van der Waals surface area contributed by atoms with Gasteiger partial charge in [0.1, 0.15) is 0 Å². The zero-order chi connectivity index (χ0) is 17.8. The molecule has 9 heteroatoms. The molecule has 2 N–H and O–H groups in total. The Morgan fingerprint density at radius 1 is 1.36 bits per heavy atom. The number of carbonyl (C=O) groups excluding carboxylic acids is 1. The number of nitrogens with one attached hydrogen (secondary N) is 2. The molecule has 0 spiro atoms. The van der Waals surface area contributed by atoms with Gasteiger partial charge in [-0.3, -0.25) is 14.2 Å². The van der Waals surface area contributed by atoms with Gasteiger partial charge in [-0.1, -0.05) is 0 Å². The molecule has 2 aromatic rings. The quantitative estimate of drug-likeness (QED) is 0.750. The van der Waals surface area contributed by atoms with Crippen LogP contribution in [0.1, 0.15) is 18.4 Å². The van der Waals surface area contributed by atoms with Crippen LogP contribution in [0.25, 0.3) is 0 Å². The Hall–Kier alpha value is -2.97. The fraction of sp³-hybridized carbons (Fsp3) is 0.438. The van der Waals surface area contributed by atoms with Crippen LogP contribution in [-0.2, 0) is 18.3 Å². The van der Waals surface area contributed by atoms with Crippen molar-refractivity contribution < 1.29 is 4.79 Å². The highest BCUT2D eigenvalue weighted by molar-refractivity contribution is 5.78. The van der Waals surface area contributed by atoms with E-state index in [0.717, 1.165) is 24.0 Å². The number of aromatic nitrogens is 4. The minimum Gasteiger partial charge on any atom is -0.351 e. The van der Waals surface area contributed by atoms with Crippen LogP contribution in [0, 0.1) is 0 Å². The van der Waals surface area contributed by atoms with Gasteiger partial charge < -0.3 is 15.2 Å². The Labute approximate surface area is 143 Å². The van der Waals surface area contributed by atoms with Crippen molar-refractivity contribution >= 4 is 11.9 Å². The average molecular weight is 344 g/mol. The van der Waals surface area contributed by atoms with Crippen LogP contribution >= 0.6 is 0 Å². The second-order valence-electron chi connectivity index (χ2n) is 6.06. The van der Waals surface area contributed by atoms with E-state index in [4.69, 9.17) is 0 Å². The normalized spacial score (nSPS) is 17.3. The molecule has 0 aliphatic carbocycles. The van der Waals surface area contributed by atoms with Crippen LogP contribution in [0.4, 0.5) is 5.95 Å². The van der Waals surface area contributed by atoms with E-state index in [9.17, 15) is 14.4 Å². The minimum absolute atomic E-state index is 0.0309. The smallest absolute Gasteiger partial charge is 0.328 e. The van der Waals surface area contributed by atoms with Crippen LogP contribution in [0.15, 0.2) is 34.2 Å². The maximum Gasteiger partial charge on any atom is 0.328 e. The lowest BCUT2D eigenvalue weighted by Crippen LogP contribution is -2.49. The summed E-state index contributed by atoms with van der Waals surface area (Å²) in [7, 11) is 1.38. The Morgan fingerprint density at radius 3 is 2.88 bits per heavy atom. The second-order valence-corrected chi connectivity index (χ2v) is 6.06. The summed E-state index contributed by atoms with van der Waals surface area (Å²) in [5.41, 5.74) is -0.694. The molecule has 0 aromatic carbocycles. The molecule has 2 aromatic heterocycles. The van der Waals surface area contributed by atoms with Crippen molar-refractivity contribution in [1.82, 2.24) is 24.8 Å². The Morgan fingerprint density at radius 2 is 2.12 bits per heavy atom. The fourth-order valence-corrected chi connectivity index (χ4v) is 2.92. The SMILES string of the molecule is Cn1c(=O)[nH]cc(CC(=O)N[C@H]2CCCN(c3ncccn3)C2)c1=O. The monoisotopic (exact) mass is 344 g/mol. The van der Waals surface area contributed by atoms with E-state index in [2.05, 4.69) is 20.3 Å². The van der Waals surface area contributed by atoms with E-state index < -0.39 is 11.2 Å². The van der Waals surface area contributed by atoms with Crippen molar-refractivity contribution in [3.05, 3.63) is 51.1 Å². The molecule has 0 saturated carbocycles. The molecule has 1 aliphatic heterocycles. The predicted molar refractivity (Wildman–Crippen MR) is 91.4 cm³/mol. The first kappa shape index (κ1) is 16.9. The van der Waals surface area contributed by atoms with Gasteiger partial charge in [0.05, 0.1) is 6.42 Å². The molecule has 1 amide bonds. The number of hydrogen-bond donors (Lipinski definition) is 2. The van der Waals surface area contributed by atoms with E-state index in [1.54, 1.807) is 18.5 Å². The van der Waals surface area contributed by atoms with Gasteiger partial charge in [0.2, 0.25) is 11.9 Å². The van der Waals surface area contributed by atoms with Crippen LogP contribution in [0.2, 0.25) is 0 Å².